The van der Waals surface area contributed by atoms with Gasteiger partial charge in [0.2, 0.25) is 0 Å². The van der Waals surface area contributed by atoms with Gasteiger partial charge in [-0.3, -0.25) is 4.55 Å². The van der Waals surface area contributed by atoms with Crippen LogP contribution in [0.1, 0.15) is 82.4 Å². The van der Waals surface area contributed by atoms with Gasteiger partial charge in [0.05, 0.1) is 0 Å². The average molecular weight is 298 g/mol. The van der Waals surface area contributed by atoms with E-state index in [1.54, 1.807) is 0 Å². The molecule has 0 saturated carbocycles. The van der Waals surface area contributed by atoms with E-state index < -0.39 is 10.1 Å². The predicted octanol–water partition coefficient (Wildman–Crippen LogP) is 4.69. The Kier molecular flexibility index (Phi) is 5.39. The zero-order chi connectivity index (χ0) is 15.7. The largest absolute Gasteiger partial charge is 0.295 e. The number of benzene rings is 1. The molecule has 1 aromatic rings. The highest BCUT2D eigenvalue weighted by molar-refractivity contribution is 7.86. The lowest BCUT2D eigenvalue weighted by atomic mass is 9.88. The van der Waals surface area contributed by atoms with Crippen molar-refractivity contribution in [3.05, 3.63) is 28.8 Å². The minimum absolute atomic E-state index is 0.0495. The van der Waals surface area contributed by atoms with Crippen molar-refractivity contribution in [3.8, 4) is 0 Å². The fourth-order valence-corrected chi connectivity index (χ4v) is 3.50. The summed E-state index contributed by atoms with van der Waals surface area (Å²) in [5, 5.41) is 0. The summed E-state index contributed by atoms with van der Waals surface area (Å²) in [6.07, 6.45) is 0.835. The first-order valence-corrected chi connectivity index (χ1v) is 8.68. The maximum absolute atomic E-state index is 11.8. The van der Waals surface area contributed by atoms with Gasteiger partial charge >= 0.3 is 0 Å². The van der Waals surface area contributed by atoms with Crippen molar-refractivity contribution in [3.63, 3.8) is 0 Å². The van der Waals surface area contributed by atoms with Gasteiger partial charge in [-0.15, -0.1) is 0 Å². The summed E-state index contributed by atoms with van der Waals surface area (Å²) < 4.78 is 33.3. The normalized spacial score (nSPS) is 14.1. The highest BCUT2D eigenvalue weighted by Crippen LogP contribution is 2.35. The predicted molar refractivity (Wildman–Crippen MR) is 83.1 cm³/mol. The van der Waals surface area contributed by atoms with Gasteiger partial charge < -0.3 is 0 Å². The molecule has 1 atom stereocenters. The van der Waals surface area contributed by atoms with Crippen LogP contribution in [0.4, 0.5) is 0 Å². The molecule has 0 aliphatic heterocycles. The Hall–Kier alpha value is -0.870. The summed E-state index contributed by atoms with van der Waals surface area (Å²) >= 11 is 0. The molecule has 0 aromatic heterocycles. The lowest BCUT2D eigenvalue weighted by Crippen LogP contribution is -2.12. The zero-order valence-corrected chi connectivity index (χ0v) is 14.1. The second-order valence-electron chi connectivity index (χ2n) is 6.12. The summed E-state index contributed by atoms with van der Waals surface area (Å²) in [5.74, 6) is 0.474. The van der Waals surface area contributed by atoms with Crippen LogP contribution in [0.5, 0.6) is 0 Å². The standard InChI is InChI=1S/C16H26O3S/c1-7-12(6)15-9-13(10(2)3)8-14(11(4)5)16(15)20(17,18)19/h8-12H,7H2,1-6H3,(H,17,18,19). The molecule has 1 unspecified atom stereocenters. The molecule has 0 aliphatic carbocycles. The zero-order valence-electron chi connectivity index (χ0n) is 13.3. The minimum Gasteiger partial charge on any atom is -0.282 e. The van der Waals surface area contributed by atoms with E-state index in [-0.39, 0.29) is 16.7 Å². The quantitative estimate of drug-likeness (QED) is 0.802. The summed E-state index contributed by atoms with van der Waals surface area (Å²) in [4.78, 5) is 0.117. The third kappa shape index (κ3) is 3.61. The summed E-state index contributed by atoms with van der Waals surface area (Å²) in [6, 6.07) is 3.86. The molecule has 20 heavy (non-hydrogen) atoms. The van der Waals surface area contributed by atoms with E-state index in [4.69, 9.17) is 0 Å². The van der Waals surface area contributed by atoms with E-state index in [9.17, 15) is 13.0 Å². The van der Waals surface area contributed by atoms with Crippen molar-refractivity contribution in [2.45, 2.75) is 70.6 Å². The van der Waals surface area contributed by atoms with Crippen LogP contribution in [0.15, 0.2) is 17.0 Å². The highest BCUT2D eigenvalue weighted by Gasteiger charge is 2.25. The first kappa shape index (κ1) is 17.2. The molecule has 1 rings (SSSR count). The molecule has 0 saturated heterocycles. The molecular weight excluding hydrogens is 272 g/mol. The van der Waals surface area contributed by atoms with Gasteiger partial charge in [-0.2, -0.15) is 8.42 Å². The van der Waals surface area contributed by atoms with Crippen molar-refractivity contribution in [1.82, 2.24) is 0 Å². The second-order valence-corrected chi connectivity index (χ2v) is 7.48. The van der Waals surface area contributed by atoms with Gasteiger partial charge in [-0.05, 0) is 40.9 Å². The lowest BCUT2D eigenvalue weighted by molar-refractivity contribution is 0.478. The molecule has 1 N–H and O–H groups in total. The Morgan fingerprint density at radius 1 is 1.00 bits per heavy atom. The fraction of sp³-hybridized carbons (Fsp3) is 0.625. The van der Waals surface area contributed by atoms with Gasteiger partial charge in [0.15, 0.2) is 0 Å². The van der Waals surface area contributed by atoms with E-state index in [2.05, 4.69) is 13.8 Å². The third-order valence-electron chi connectivity index (χ3n) is 3.86. The molecule has 0 heterocycles. The molecule has 0 spiro atoms. The smallest absolute Gasteiger partial charge is 0.282 e. The molecule has 1 aromatic carbocycles. The third-order valence-corrected chi connectivity index (χ3v) is 4.85. The van der Waals surface area contributed by atoms with Crippen LogP contribution in [-0.2, 0) is 10.1 Å². The van der Waals surface area contributed by atoms with Crippen molar-refractivity contribution in [2.75, 3.05) is 0 Å². The fourth-order valence-electron chi connectivity index (χ4n) is 2.34. The summed E-state index contributed by atoms with van der Waals surface area (Å²) in [6.45, 7) is 12.1. The molecule has 0 amide bonds. The monoisotopic (exact) mass is 298 g/mol. The van der Waals surface area contributed by atoms with Crippen LogP contribution in [0.3, 0.4) is 0 Å². The van der Waals surface area contributed by atoms with E-state index in [1.165, 1.54) is 0 Å². The molecule has 4 heteroatoms. The van der Waals surface area contributed by atoms with Gasteiger partial charge in [-0.1, -0.05) is 53.7 Å². The number of rotatable bonds is 5. The Morgan fingerprint density at radius 3 is 1.85 bits per heavy atom. The molecule has 3 nitrogen and oxygen atoms in total. The van der Waals surface area contributed by atoms with Crippen LogP contribution >= 0.6 is 0 Å². The van der Waals surface area contributed by atoms with Crippen LogP contribution < -0.4 is 0 Å². The molecule has 114 valence electrons. The lowest BCUT2D eigenvalue weighted by Gasteiger charge is -2.22. The van der Waals surface area contributed by atoms with Crippen molar-refractivity contribution in [2.24, 2.45) is 0 Å². The topological polar surface area (TPSA) is 54.4 Å². The molecule has 0 aliphatic rings. The van der Waals surface area contributed by atoms with Gasteiger partial charge in [0, 0.05) is 0 Å². The molecule has 0 fully saturated rings. The van der Waals surface area contributed by atoms with Crippen molar-refractivity contribution in [1.29, 1.82) is 0 Å². The van der Waals surface area contributed by atoms with E-state index in [1.807, 2.05) is 39.8 Å². The number of hydrogen-bond donors (Lipinski definition) is 1. The Labute approximate surface area is 123 Å². The number of hydrogen-bond acceptors (Lipinski definition) is 2. The van der Waals surface area contributed by atoms with Crippen molar-refractivity contribution < 1.29 is 13.0 Å². The van der Waals surface area contributed by atoms with E-state index in [0.717, 1.165) is 17.5 Å². The summed E-state index contributed by atoms with van der Waals surface area (Å²) in [5.41, 5.74) is 2.58. The molecular formula is C16H26O3S. The first-order chi connectivity index (χ1) is 9.09. The van der Waals surface area contributed by atoms with E-state index in [0.29, 0.717) is 11.5 Å². The maximum Gasteiger partial charge on any atom is 0.295 e. The van der Waals surface area contributed by atoms with Crippen molar-refractivity contribution >= 4 is 10.1 Å². The van der Waals surface area contributed by atoms with E-state index >= 15 is 0 Å². The second kappa shape index (κ2) is 6.27. The van der Waals surface area contributed by atoms with Crippen LogP contribution in [-0.4, -0.2) is 13.0 Å². The summed E-state index contributed by atoms with van der Waals surface area (Å²) in [7, 11) is -4.21. The van der Waals surface area contributed by atoms with Gasteiger partial charge in [0.1, 0.15) is 4.90 Å². The first-order valence-electron chi connectivity index (χ1n) is 7.24. The van der Waals surface area contributed by atoms with Gasteiger partial charge in [0.25, 0.3) is 10.1 Å². The van der Waals surface area contributed by atoms with Crippen LogP contribution in [0.2, 0.25) is 0 Å². The average Bonchev–Trinajstić information content (AvgIpc) is 2.34. The molecule has 0 bridgehead atoms. The Bertz CT molecular complexity index is 572. The Balaban J connectivity index is 3.76. The SMILES string of the molecule is CCC(C)c1cc(C(C)C)cc(C(C)C)c1S(=O)(=O)O. The van der Waals surface area contributed by atoms with Crippen LogP contribution in [0, 0.1) is 0 Å². The molecule has 0 radical (unpaired) electrons. The van der Waals surface area contributed by atoms with Crippen LogP contribution in [0.25, 0.3) is 0 Å². The maximum atomic E-state index is 11.8. The highest BCUT2D eigenvalue weighted by atomic mass is 32.2. The van der Waals surface area contributed by atoms with Gasteiger partial charge in [-0.25, -0.2) is 0 Å². The minimum atomic E-state index is -4.21. The Morgan fingerprint density at radius 2 is 1.50 bits per heavy atom.